The van der Waals surface area contributed by atoms with Crippen LogP contribution in [0.5, 0.6) is 0 Å². The minimum Gasteiger partial charge on any atom is -0.461 e. The second-order valence-corrected chi connectivity index (χ2v) is 5.18. The van der Waals surface area contributed by atoms with E-state index in [0.717, 1.165) is 9.99 Å². The summed E-state index contributed by atoms with van der Waals surface area (Å²) in [5, 5.41) is 0. The van der Waals surface area contributed by atoms with E-state index in [1.165, 1.54) is 0 Å². The summed E-state index contributed by atoms with van der Waals surface area (Å²) in [6, 6.07) is 9.29. The third-order valence-corrected chi connectivity index (χ3v) is 3.83. The summed E-state index contributed by atoms with van der Waals surface area (Å²) in [6.07, 6.45) is 0.422. The maximum absolute atomic E-state index is 12.0. The number of hydrogen-bond acceptors (Lipinski definition) is 3. The van der Waals surface area contributed by atoms with Gasteiger partial charge in [-0.05, 0) is 12.0 Å². The van der Waals surface area contributed by atoms with Crippen LogP contribution in [0.1, 0.15) is 12.0 Å². The van der Waals surface area contributed by atoms with Crippen LogP contribution in [0.25, 0.3) is 0 Å². The molecule has 1 fully saturated rings. The molecule has 94 valence electrons. The molecule has 0 aliphatic carbocycles. The minimum atomic E-state index is -0.348. The van der Waals surface area contributed by atoms with Gasteiger partial charge in [0.15, 0.2) is 0 Å². The lowest BCUT2D eigenvalue weighted by molar-refractivity contribution is -0.151. The summed E-state index contributed by atoms with van der Waals surface area (Å²) in [5.74, 6) is -0.450. The molecular formula is C13H14BIO3. The molecule has 1 aromatic rings. The van der Waals surface area contributed by atoms with Crippen LogP contribution in [0.4, 0.5) is 0 Å². The summed E-state index contributed by atoms with van der Waals surface area (Å²) >= 11 is 2.20. The summed E-state index contributed by atoms with van der Waals surface area (Å²) in [6.45, 7) is 0.305. The first-order chi connectivity index (χ1) is 8.70. The molecule has 3 atom stereocenters. The fourth-order valence-electron chi connectivity index (χ4n) is 2.00. The zero-order chi connectivity index (χ0) is 13.0. The van der Waals surface area contributed by atoms with Gasteiger partial charge in [0.2, 0.25) is 0 Å². The fourth-order valence-corrected chi connectivity index (χ4v) is 2.83. The van der Waals surface area contributed by atoms with Crippen molar-refractivity contribution in [3.8, 4) is 0 Å². The predicted molar refractivity (Wildman–Crippen MR) is 77.6 cm³/mol. The van der Waals surface area contributed by atoms with Crippen LogP contribution in [0.2, 0.25) is 0 Å². The highest BCUT2D eigenvalue weighted by Crippen LogP contribution is 2.27. The van der Waals surface area contributed by atoms with E-state index in [2.05, 4.69) is 22.6 Å². The number of hydrogen-bond donors (Lipinski definition) is 0. The molecular weight excluding hydrogens is 342 g/mol. The van der Waals surface area contributed by atoms with Gasteiger partial charge < -0.3 is 9.47 Å². The van der Waals surface area contributed by atoms with Crippen molar-refractivity contribution in [2.45, 2.75) is 25.1 Å². The highest BCUT2D eigenvalue weighted by molar-refractivity contribution is 14.1. The molecule has 2 rings (SSSR count). The van der Waals surface area contributed by atoms with E-state index in [9.17, 15) is 4.79 Å². The van der Waals surface area contributed by atoms with Crippen molar-refractivity contribution < 1.29 is 14.3 Å². The molecule has 0 bridgehead atoms. The van der Waals surface area contributed by atoms with E-state index in [1.807, 2.05) is 30.3 Å². The van der Waals surface area contributed by atoms with Gasteiger partial charge in [0.05, 0.1) is 12.0 Å². The number of carbonyl (C=O) groups excluding carboxylic acids is 1. The van der Waals surface area contributed by atoms with Crippen LogP contribution in [-0.4, -0.2) is 30.4 Å². The van der Waals surface area contributed by atoms with E-state index in [1.54, 1.807) is 0 Å². The van der Waals surface area contributed by atoms with Gasteiger partial charge in [-0.2, -0.15) is 0 Å². The van der Waals surface area contributed by atoms with E-state index in [4.69, 9.17) is 17.3 Å². The van der Waals surface area contributed by atoms with Crippen molar-refractivity contribution in [2.24, 2.45) is 5.92 Å². The lowest BCUT2D eigenvalue weighted by Crippen LogP contribution is -2.27. The smallest absolute Gasteiger partial charge is 0.312 e. The molecule has 3 nitrogen and oxygen atoms in total. The Morgan fingerprint density at radius 1 is 1.44 bits per heavy atom. The SMILES string of the molecule is [B][C@@H]1CC(C(=O)OCc2ccccc2)[C@H](CI)O1. The van der Waals surface area contributed by atoms with Crippen LogP contribution in [0.15, 0.2) is 30.3 Å². The molecule has 1 heterocycles. The normalized spacial score (nSPS) is 27.1. The Hall–Kier alpha value is -0.555. The maximum Gasteiger partial charge on any atom is 0.312 e. The molecule has 1 aromatic carbocycles. The number of ether oxygens (including phenoxy) is 2. The number of benzene rings is 1. The molecule has 0 N–H and O–H groups in total. The summed E-state index contributed by atoms with van der Waals surface area (Å²) in [4.78, 5) is 12.0. The predicted octanol–water partition coefficient (Wildman–Crippen LogP) is 2.06. The lowest BCUT2D eigenvalue weighted by Gasteiger charge is -2.15. The van der Waals surface area contributed by atoms with Crippen LogP contribution in [0.3, 0.4) is 0 Å². The monoisotopic (exact) mass is 356 g/mol. The summed E-state index contributed by atoms with van der Waals surface area (Å²) < 4.78 is 11.5. The Balaban J connectivity index is 1.88. The number of carbonyl (C=O) groups is 1. The van der Waals surface area contributed by atoms with Gasteiger partial charge in [0.1, 0.15) is 14.5 Å². The maximum atomic E-state index is 12.0. The van der Waals surface area contributed by atoms with Crippen LogP contribution >= 0.6 is 22.6 Å². The van der Waals surface area contributed by atoms with E-state index < -0.39 is 0 Å². The molecule has 0 spiro atoms. The molecule has 0 aromatic heterocycles. The third-order valence-electron chi connectivity index (χ3n) is 2.96. The number of alkyl halides is 1. The molecule has 5 heteroatoms. The van der Waals surface area contributed by atoms with Gasteiger partial charge in [-0.25, -0.2) is 0 Å². The quantitative estimate of drug-likeness (QED) is 0.359. The zero-order valence-electron chi connectivity index (χ0n) is 9.92. The molecule has 1 aliphatic rings. The number of rotatable bonds is 4. The molecule has 0 saturated carbocycles. The van der Waals surface area contributed by atoms with Crippen LogP contribution in [-0.2, 0) is 20.9 Å². The Morgan fingerprint density at radius 2 is 2.17 bits per heavy atom. The first-order valence-corrected chi connectivity index (χ1v) is 7.41. The van der Waals surface area contributed by atoms with Crippen molar-refractivity contribution in [3.63, 3.8) is 0 Å². The third kappa shape index (κ3) is 3.48. The highest BCUT2D eigenvalue weighted by Gasteiger charge is 2.37. The van der Waals surface area contributed by atoms with E-state index >= 15 is 0 Å². The van der Waals surface area contributed by atoms with Gasteiger partial charge in [0.25, 0.3) is 0 Å². The van der Waals surface area contributed by atoms with Crippen molar-refractivity contribution in [2.75, 3.05) is 4.43 Å². The van der Waals surface area contributed by atoms with E-state index in [-0.39, 0.29) is 24.0 Å². The topological polar surface area (TPSA) is 35.5 Å². The molecule has 18 heavy (non-hydrogen) atoms. The first-order valence-electron chi connectivity index (χ1n) is 5.88. The summed E-state index contributed by atoms with van der Waals surface area (Å²) in [5.41, 5.74) is 0.986. The van der Waals surface area contributed by atoms with Crippen LogP contribution in [0, 0.1) is 5.92 Å². The molecule has 1 unspecified atom stereocenters. The number of halogens is 1. The van der Waals surface area contributed by atoms with E-state index in [0.29, 0.717) is 13.0 Å². The standard InChI is InChI=1S/C13H14BIO3/c14-12-6-10(11(7-15)18-12)13(16)17-8-9-4-2-1-3-5-9/h1-5,10-12H,6-8H2/t10?,11-,12-/m0/s1. The van der Waals surface area contributed by atoms with Gasteiger partial charge in [-0.15, -0.1) is 0 Å². The summed E-state index contributed by atoms with van der Waals surface area (Å²) in [7, 11) is 5.70. The Morgan fingerprint density at radius 3 is 2.83 bits per heavy atom. The van der Waals surface area contributed by atoms with Gasteiger partial charge >= 0.3 is 5.97 Å². The molecule has 0 amide bonds. The van der Waals surface area contributed by atoms with Crippen molar-refractivity contribution in [1.29, 1.82) is 0 Å². The number of esters is 1. The lowest BCUT2D eigenvalue weighted by atomic mass is 9.91. The van der Waals surface area contributed by atoms with Crippen molar-refractivity contribution in [3.05, 3.63) is 35.9 Å². The zero-order valence-corrected chi connectivity index (χ0v) is 12.1. The van der Waals surface area contributed by atoms with Gasteiger partial charge in [0, 0.05) is 10.4 Å². The first kappa shape index (κ1) is 13.9. The van der Waals surface area contributed by atoms with Crippen LogP contribution < -0.4 is 0 Å². The average Bonchev–Trinajstić information content (AvgIpc) is 2.78. The molecule has 1 saturated heterocycles. The molecule has 1 aliphatic heterocycles. The van der Waals surface area contributed by atoms with Gasteiger partial charge in [-0.1, -0.05) is 52.9 Å². The minimum absolute atomic E-state index is 0.121. The Kier molecular flexibility index (Phi) is 5.06. The van der Waals surface area contributed by atoms with Crippen molar-refractivity contribution in [1.82, 2.24) is 0 Å². The van der Waals surface area contributed by atoms with Crippen molar-refractivity contribution >= 4 is 36.4 Å². The average molecular weight is 356 g/mol. The highest BCUT2D eigenvalue weighted by atomic mass is 127. The Labute approximate surface area is 122 Å². The van der Waals surface area contributed by atoms with Gasteiger partial charge in [-0.3, -0.25) is 4.79 Å². The molecule has 2 radical (unpaired) electrons. The Bertz CT molecular complexity index is 398. The fraction of sp³-hybridized carbons (Fsp3) is 0.462. The second-order valence-electron chi connectivity index (χ2n) is 4.30. The second kappa shape index (κ2) is 6.56. The largest absolute Gasteiger partial charge is 0.461 e.